The summed E-state index contributed by atoms with van der Waals surface area (Å²) in [5.74, 6) is 0.774. The van der Waals surface area contributed by atoms with Crippen LogP contribution < -0.4 is 5.73 Å². The lowest BCUT2D eigenvalue weighted by Gasteiger charge is -2.22. The van der Waals surface area contributed by atoms with Gasteiger partial charge in [-0.1, -0.05) is 86.0 Å². The van der Waals surface area contributed by atoms with Gasteiger partial charge in [0.15, 0.2) is 0 Å². The molecule has 0 saturated heterocycles. The zero-order valence-corrected chi connectivity index (χ0v) is 23.6. The summed E-state index contributed by atoms with van der Waals surface area (Å²) < 4.78 is 0. The standard InChI is InChI=1S/C23H25N.C11H17N.C2H4/c1-16-14-17(2)24-23-15-21(12-13-22(16)23)20-10-8-19(9-11-20)18-6-4-3-5-7-18;12-10-6-5-9-11-7-3-1-2-4-8-11;1-2/h8-15,18H,3-7H2,1-2H3;1,3-4,7-8H,2,5-6,9-10,12H2;1-2H2. The first-order valence-corrected chi connectivity index (χ1v) is 14.3. The molecule has 38 heavy (non-hydrogen) atoms. The molecule has 2 aliphatic rings. The third kappa shape index (κ3) is 8.67. The van der Waals surface area contributed by atoms with Crippen molar-refractivity contribution in [2.75, 3.05) is 6.54 Å². The Bertz CT molecular complexity index is 1220. The lowest BCUT2D eigenvalue weighted by molar-refractivity contribution is 0.443. The second kappa shape index (κ2) is 15.9. The minimum atomic E-state index is 0.774. The summed E-state index contributed by atoms with van der Waals surface area (Å²) in [5, 5.41) is 1.25. The van der Waals surface area contributed by atoms with Gasteiger partial charge in [0.05, 0.1) is 5.52 Å². The number of hydrogen-bond donors (Lipinski definition) is 1. The van der Waals surface area contributed by atoms with E-state index in [1.54, 1.807) is 0 Å². The number of fused-ring (bicyclic) bond motifs is 1. The van der Waals surface area contributed by atoms with Crippen LogP contribution in [0.2, 0.25) is 0 Å². The number of nitrogens with zero attached hydrogens (tertiary/aromatic N) is 1. The summed E-state index contributed by atoms with van der Waals surface area (Å²) in [7, 11) is 0. The van der Waals surface area contributed by atoms with Crippen molar-refractivity contribution in [3.05, 3.63) is 114 Å². The fourth-order valence-electron chi connectivity index (χ4n) is 5.40. The number of pyridine rings is 1. The first-order valence-electron chi connectivity index (χ1n) is 14.3. The van der Waals surface area contributed by atoms with E-state index in [9.17, 15) is 0 Å². The average Bonchev–Trinajstić information content (AvgIpc) is 3.24. The molecule has 1 heterocycles. The Balaban J connectivity index is 0.000000242. The fraction of sp³-hybridized carbons (Fsp3) is 0.361. The van der Waals surface area contributed by atoms with E-state index in [4.69, 9.17) is 10.7 Å². The van der Waals surface area contributed by atoms with Crippen molar-refractivity contribution in [1.29, 1.82) is 0 Å². The summed E-state index contributed by atoms with van der Waals surface area (Å²) >= 11 is 0. The number of unbranched alkanes of at least 4 members (excludes halogenated alkanes) is 1. The van der Waals surface area contributed by atoms with E-state index in [1.807, 2.05) is 0 Å². The number of nitrogens with two attached hydrogens (primary N) is 1. The lowest BCUT2D eigenvalue weighted by atomic mass is 9.83. The van der Waals surface area contributed by atoms with Crippen molar-refractivity contribution in [2.45, 2.75) is 77.6 Å². The van der Waals surface area contributed by atoms with Gasteiger partial charge in [0.2, 0.25) is 0 Å². The Labute approximate surface area is 231 Å². The van der Waals surface area contributed by atoms with Gasteiger partial charge in [0.25, 0.3) is 0 Å². The Hall–Kier alpha value is -3.23. The Morgan fingerprint density at radius 1 is 0.868 bits per heavy atom. The van der Waals surface area contributed by atoms with E-state index < -0.39 is 0 Å². The van der Waals surface area contributed by atoms with E-state index in [2.05, 4.69) is 106 Å². The van der Waals surface area contributed by atoms with Crippen molar-refractivity contribution in [3.8, 4) is 11.1 Å². The predicted octanol–water partition coefficient (Wildman–Crippen LogP) is 9.93. The molecule has 5 rings (SSSR count). The fourth-order valence-corrected chi connectivity index (χ4v) is 5.40. The topological polar surface area (TPSA) is 38.9 Å². The third-order valence-corrected chi connectivity index (χ3v) is 7.44. The van der Waals surface area contributed by atoms with Gasteiger partial charge in [-0.15, -0.1) is 13.2 Å². The van der Waals surface area contributed by atoms with E-state index in [0.29, 0.717) is 0 Å². The van der Waals surface area contributed by atoms with Gasteiger partial charge < -0.3 is 5.73 Å². The van der Waals surface area contributed by atoms with Gasteiger partial charge in [0.1, 0.15) is 0 Å². The van der Waals surface area contributed by atoms with E-state index >= 15 is 0 Å². The SMILES string of the molecule is C=C.Cc1cc(C)c2ccc(-c3ccc(C4CCCCC4)cc3)cc2n1.NCCCCC1=CC=CCC=C1. The number of rotatable bonds is 6. The van der Waals surface area contributed by atoms with E-state index in [0.717, 1.165) is 42.9 Å². The van der Waals surface area contributed by atoms with Crippen LogP contribution in [0, 0.1) is 13.8 Å². The number of hydrogen-bond acceptors (Lipinski definition) is 2. The molecule has 0 atom stereocenters. The van der Waals surface area contributed by atoms with Gasteiger partial charge in [0, 0.05) is 11.1 Å². The molecule has 2 heteroatoms. The molecule has 0 radical (unpaired) electrons. The molecule has 1 fully saturated rings. The van der Waals surface area contributed by atoms with Crippen LogP contribution in [-0.4, -0.2) is 11.5 Å². The first-order chi connectivity index (χ1) is 18.6. The van der Waals surface area contributed by atoms with Crippen LogP contribution in [-0.2, 0) is 0 Å². The van der Waals surface area contributed by atoms with Crippen LogP contribution in [0.15, 0.2) is 97.6 Å². The highest BCUT2D eigenvalue weighted by atomic mass is 14.7. The molecule has 0 bridgehead atoms. The molecule has 0 unspecified atom stereocenters. The van der Waals surface area contributed by atoms with Gasteiger partial charge in [-0.2, -0.15) is 0 Å². The predicted molar refractivity (Wildman–Crippen MR) is 168 cm³/mol. The number of allylic oxidation sites excluding steroid dienone is 6. The Morgan fingerprint density at radius 2 is 1.61 bits per heavy atom. The molecular weight excluding hydrogens is 460 g/mol. The van der Waals surface area contributed by atoms with Crippen molar-refractivity contribution in [2.24, 2.45) is 5.73 Å². The number of benzene rings is 2. The van der Waals surface area contributed by atoms with Crippen molar-refractivity contribution in [3.63, 3.8) is 0 Å². The number of aryl methyl sites for hydroxylation is 2. The Morgan fingerprint density at radius 3 is 2.34 bits per heavy atom. The highest BCUT2D eigenvalue weighted by Crippen LogP contribution is 2.34. The first kappa shape index (κ1) is 29.3. The van der Waals surface area contributed by atoms with Gasteiger partial charge in [-0.05, 0) is 105 Å². The largest absolute Gasteiger partial charge is 0.330 e. The second-order valence-electron chi connectivity index (χ2n) is 10.3. The van der Waals surface area contributed by atoms with Gasteiger partial charge in [-0.3, -0.25) is 4.98 Å². The van der Waals surface area contributed by atoms with Gasteiger partial charge in [-0.25, -0.2) is 0 Å². The molecule has 3 aromatic rings. The quantitative estimate of drug-likeness (QED) is 0.267. The Kier molecular flexibility index (Phi) is 12.3. The molecule has 1 aromatic heterocycles. The highest BCUT2D eigenvalue weighted by molar-refractivity contribution is 5.86. The normalized spacial score (nSPS) is 15.1. The van der Waals surface area contributed by atoms with Gasteiger partial charge >= 0.3 is 0 Å². The smallest absolute Gasteiger partial charge is 0.0714 e. The summed E-state index contributed by atoms with van der Waals surface area (Å²) in [6.07, 6.45) is 22.4. The van der Waals surface area contributed by atoms with Crippen LogP contribution in [0.25, 0.3) is 22.0 Å². The molecule has 200 valence electrons. The summed E-state index contributed by atoms with van der Waals surface area (Å²) in [6.45, 7) is 11.0. The van der Waals surface area contributed by atoms with Crippen molar-refractivity contribution >= 4 is 10.9 Å². The maximum atomic E-state index is 5.42. The highest BCUT2D eigenvalue weighted by Gasteiger charge is 2.15. The van der Waals surface area contributed by atoms with Crippen LogP contribution in [0.1, 0.15) is 80.5 Å². The minimum Gasteiger partial charge on any atom is -0.330 e. The van der Waals surface area contributed by atoms with E-state index in [1.165, 1.54) is 71.7 Å². The molecule has 1 saturated carbocycles. The van der Waals surface area contributed by atoms with Crippen molar-refractivity contribution in [1.82, 2.24) is 4.98 Å². The summed E-state index contributed by atoms with van der Waals surface area (Å²) in [4.78, 5) is 4.71. The zero-order valence-electron chi connectivity index (χ0n) is 23.6. The molecule has 2 nitrogen and oxygen atoms in total. The molecule has 2 N–H and O–H groups in total. The molecule has 0 spiro atoms. The average molecular weight is 507 g/mol. The second-order valence-corrected chi connectivity index (χ2v) is 10.3. The van der Waals surface area contributed by atoms with Crippen LogP contribution in [0.5, 0.6) is 0 Å². The number of aromatic nitrogens is 1. The van der Waals surface area contributed by atoms with Crippen LogP contribution >= 0.6 is 0 Å². The van der Waals surface area contributed by atoms with Crippen molar-refractivity contribution < 1.29 is 0 Å². The minimum absolute atomic E-state index is 0.774. The maximum Gasteiger partial charge on any atom is 0.0714 e. The third-order valence-electron chi connectivity index (χ3n) is 7.44. The molecule has 0 aliphatic heterocycles. The molecule has 2 aromatic carbocycles. The summed E-state index contributed by atoms with van der Waals surface area (Å²) in [5.41, 5.74) is 14.4. The zero-order chi connectivity index (χ0) is 27.2. The molecular formula is C36H46N2. The van der Waals surface area contributed by atoms with Crippen LogP contribution in [0.4, 0.5) is 0 Å². The monoisotopic (exact) mass is 506 g/mol. The maximum absolute atomic E-state index is 5.42. The van der Waals surface area contributed by atoms with Crippen LogP contribution in [0.3, 0.4) is 0 Å². The lowest BCUT2D eigenvalue weighted by Crippen LogP contribution is -2.04. The molecule has 0 amide bonds. The summed E-state index contributed by atoms with van der Waals surface area (Å²) in [6, 6.07) is 18.1. The molecule has 2 aliphatic carbocycles. The van der Waals surface area contributed by atoms with E-state index in [-0.39, 0.29) is 0 Å².